The molecule has 0 radical (unpaired) electrons. The van der Waals surface area contributed by atoms with Gasteiger partial charge in [0.25, 0.3) is 0 Å². The number of hydrogen-bond donors (Lipinski definition) is 0. The predicted octanol–water partition coefficient (Wildman–Crippen LogP) is 3.31. The molecule has 1 saturated carbocycles. The fourth-order valence-electron chi connectivity index (χ4n) is 1.69. The third-order valence-electron chi connectivity index (χ3n) is 2.42. The summed E-state index contributed by atoms with van der Waals surface area (Å²) in [5.41, 5.74) is 0. The summed E-state index contributed by atoms with van der Waals surface area (Å²) in [6.45, 7) is 0. The van der Waals surface area contributed by atoms with Gasteiger partial charge in [-0.1, -0.05) is 24.4 Å². The largest absolute Gasteiger partial charge is 0.240 e. The molecule has 0 aromatic carbocycles. The minimum atomic E-state index is 0.544. The van der Waals surface area contributed by atoms with Crippen LogP contribution in [0.3, 0.4) is 0 Å². The van der Waals surface area contributed by atoms with Crippen LogP contribution in [0.4, 0.5) is 0 Å². The van der Waals surface area contributed by atoms with Crippen LogP contribution in [0.15, 0.2) is 12.3 Å². The fraction of sp³-hybridized carbons (Fsp3) is 0.600. The van der Waals surface area contributed by atoms with Gasteiger partial charge in [-0.25, -0.2) is 9.97 Å². The van der Waals surface area contributed by atoms with Crippen LogP contribution in [0.1, 0.15) is 31.5 Å². The van der Waals surface area contributed by atoms with E-state index < -0.39 is 0 Å². The van der Waals surface area contributed by atoms with Crippen LogP contribution < -0.4 is 0 Å². The second-order valence-electron chi connectivity index (χ2n) is 3.51. The Balaban J connectivity index is 1.85. The summed E-state index contributed by atoms with van der Waals surface area (Å²) in [6, 6.07) is 1.71. The summed E-state index contributed by atoms with van der Waals surface area (Å²) in [7, 11) is 0. The maximum Gasteiger partial charge on any atom is 0.139 e. The molecule has 1 aromatic rings. The molecule has 0 spiro atoms. The van der Waals surface area contributed by atoms with Gasteiger partial charge in [0.15, 0.2) is 0 Å². The van der Waals surface area contributed by atoms with Crippen molar-refractivity contribution >= 4 is 23.4 Å². The van der Waals surface area contributed by atoms with Gasteiger partial charge in [0.05, 0.1) is 5.75 Å². The highest BCUT2D eigenvalue weighted by molar-refractivity contribution is 7.99. The zero-order valence-electron chi connectivity index (χ0n) is 7.95. The van der Waals surface area contributed by atoms with Crippen molar-refractivity contribution in [3.63, 3.8) is 0 Å². The molecule has 1 heterocycles. The monoisotopic (exact) mass is 228 g/mol. The minimum Gasteiger partial charge on any atom is -0.240 e. The normalized spacial score (nSPS) is 17.5. The zero-order chi connectivity index (χ0) is 9.80. The van der Waals surface area contributed by atoms with E-state index in [0.29, 0.717) is 5.15 Å². The first-order valence-corrected chi connectivity index (χ1v) is 6.36. The molecule has 1 aliphatic rings. The standard InChI is InChI=1S/C10H13ClN2S/c11-9-5-6-12-10(13-9)7-14-8-3-1-2-4-8/h5-6,8H,1-4,7H2. The Morgan fingerprint density at radius 2 is 2.21 bits per heavy atom. The second-order valence-corrected chi connectivity index (χ2v) is 5.19. The molecule has 0 atom stereocenters. The first kappa shape index (κ1) is 10.2. The molecule has 1 aliphatic carbocycles. The number of thioether (sulfide) groups is 1. The number of rotatable bonds is 3. The summed E-state index contributed by atoms with van der Waals surface area (Å²) in [4.78, 5) is 8.35. The molecule has 0 N–H and O–H groups in total. The highest BCUT2D eigenvalue weighted by Crippen LogP contribution is 2.30. The van der Waals surface area contributed by atoms with Crippen LogP contribution >= 0.6 is 23.4 Å². The number of halogens is 1. The minimum absolute atomic E-state index is 0.544. The van der Waals surface area contributed by atoms with Gasteiger partial charge in [-0.3, -0.25) is 0 Å². The van der Waals surface area contributed by atoms with E-state index >= 15 is 0 Å². The average Bonchev–Trinajstić information content (AvgIpc) is 2.67. The van der Waals surface area contributed by atoms with Crippen molar-refractivity contribution in [2.45, 2.75) is 36.7 Å². The lowest BCUT2D eigenvalue weighted by molar-refractivity contribution is 0.886. The van der Waals surface area contributed by atoms with Crippen LogP contribution in [0.25, 0.3) is 0 Å². The van der Waals surface area contributed by atoms with E-state index in [4.69, 9.17) is 11.6 Å². The summed E-state index contributed by atoms with van der Waals surface area (Å²) in [5.74, 6) is 1.75. The topological polar surface area (TPSA) is 25.8 Å². The molecule has 1 fully saturated rings. The second kappa shape index (κ2) is 4.99. The van der Waals surface area contributed by atoms with Crippen molar-refractivity contribution in [3.05, 3.63) is 23.2 Å². The number of nitrogens with zero attached hydrogens (tertiary/aromatic N) is 2. The lowest BCUT2D eigenvalue weighted by Gasteiger charge is -2.06. The van der Waals surface area contributed by atoms with Gasteiger partial charge in [-0.05, 0) is 18.9 Å². The Labute approximate surface area is 93.5 Å². The van der Waals surface area contributed by atoms with E-state index in [0.717, 1.165) is 16.8 Å². The lowest BCUT2D eigenvalue weighted by atomic mass is 10.4. The SMILES string of the molecule is Clc1ccnc(CSC2CCCC2)n1. The van der Waals surface area contributed by atoms with Gasteiger partial charge in [-0.15, -0.1) is 0 Å². The Bertz CT molecular complexity index is 300. The lowest BCUT2D eigenvalue weighted by Crippen LogP contribution is -1.98. The van der Waals surface area contributed by atoms with Crippen LogP contribution in [-0.4, -0.2) is 15.2 Å². The van der Waals surface area contributed by atoms with Crippen molar-refractivity contribution in [1.82, 2.24) is 9.97 Å². The molecule has 0 saturated heterocycles. The van der Waals surface area contributed by atoms with E-state index in [-0.39, 0.29) is 0 Å². The average molecular weight is 229 g/mol. The van der Waals surface area contributed by atoms with Gasteiger partial charge in [0, 0.05) is 11.4 Å². The molecule has 1 aromatic heterocycles. The molecule has 0 unspecified atom stereocenters. The van der Waals surface area contributed by atoms with Gasteiger partial charge in [0.1, 0.15) is 11.0 Å². The molecule has 2 rings (SSSR count). The number of aromatic nitrogens is 2. The van der Waals surface area contributed by atoms with E-state index in [1.54, 1.807) is 12.3 Å². The van der Waals surface area contributed by atoms with Crippen molar-refractivity contribution in [2.75, 3.05) is 0 Å². The van der Waals surface area contributed by atoms with Crippen molar-refractivity contribution in [3.8, 4) is 0 Å². The van der Waals surface area contributed by atoms with E-state index in [1.807, 2.05) is 11.8 Å². The van der Waals surface area contributed by atoms with Crippen LogP contribution in [0, 0.1) is 0 Å². The third-order valence-corrected chi connectivity index (χ3v) is 4.00. The maximum atomic E-state index is 5.78. The highest BCUT2D eigenvalue weighted by Gasteiger charge is 2.15. The Morgan fingerprint density at radius 3 is 2.93 bits per heavy atom. The molecule has 0 bridgehead atoms. The fourth-order valence-corrected chi connectivity index (χ4v) is 3.04. The van der Waals surface area contributed by atoms with E-state index in [2.05, 4.69) is 9.97 Å². The molecule has 76 valence electrons. The van der Waals surface area contributed by atoms with Crippen LogP contribution in [0.2, 0.25) is 5.15 Å². The van der Waals surface area contributed by atoms with Crippen LogP contribution in [0.5, 0.6) is 0 Å². The summed E-state index contributed by atoms with van der Waals surface area (Å²) < 4.78 is 0. The third kappa shape index (κ3) is 2.85. The van der Waals surface area contributed by atoms with Gasteiger partial charge in [-0.2, -0.15) is 11.8 Å². The molecule has 0 amide bonds. The van der Waals surface area contributed by atoms with E-state index in [1.165, 1.54) is 25.7 Å². The van der Waals surface area contributed by atoms with Gasteiger partial charge >= 0.3 is 0 Å². The molecule has 4 heteroatoms. The van der Waals surface area contributed by atoms with E-state index in [9.17, 15) is 0 Å². The first-order valence-electron chi connectivity index (χ1n) is 4.93. The Morgan fingerprint density at radius 1 is 1.43 bits per heavy atom. The predicted molar refractivity (Wildman–Crippen MR) is 60.6 cm³/mol. The molecular weight excluding hydrogens is 216 g/mol. The first-order chi connectivity index (χ1) is 6.84. The van der Waals surface area contributed by atoms with Gasteiger partial charge in [0.2, 0.25) is 0 Å². The zero-order valence-corrected chi connectivity index (χ0v) is 9.52. The maximum absolute atomic E-state index is 5.78. The van der Waals surface area contributed by atoms with Crippen LogP contribution in [-0.2, 0) is 5.75 Å². The Hall–Kier alpha value is -0.280. The Kier molecular flexibility index (Phi) is 3.65. The molecular formula is C10H13ClN2S. The highest BCUT2D eigenvalue weighted by atomic mass is 35.5. The summed E-state index contributed by atoms with van der Waals surface area (Å²) in [6.07, 6.45) is 7.19. The molecule has 0 aliphatic heterocycles. The molecule has 14 heavy (non-hydrogen) atoms. The molecule has 2 nitrogen and oxygen atoms in total. The quantitative estimate of drug-likeness (QED) is 0.743. The smallest absolute Gasteiger partial charge is 0.139 e. The van der Waals surface area contributed by atoms with Crippen molar-refractivity contribution in [1.29, 1.82) is 0 Å². The van der Waals surface area contributed by atoms with Crippen molar-refractivity contribution < 1.29 is 0 Å². The summed E-state index contributed by atoms with van der Waals surface area (Å²) >= 11 is 7.74. The van der Waals surface area contributed by atoms with Crippen molar-refractivity contribution in [2.24, 2.45) is 0 Å². The summed E-state index contributed by atoms with van der Waals surface area (Å²) in [5, 5.41) is 1.36. The van der Waals surface area contributed by atoms with Gasteiger partial charge < -0.3 is 0 Å². The number of hydrogen-bond acceptors (Lipinski definition) is 3.